The third kappa shape index (κ3) is 4.71. The van der Waals surface area contributed by atoms with E-state index in [1.807, 2.05) is 34.7 Å². The molecule has 0 spiro atoms. The molecule has 1 saturated heterocycles. The van der Waals surface area contributed by atoms with Crippen LogP contribution in [0.4, 0.5) is 0 Å². The van der Waals surface area contributed by atoms with Crippen LogP contribution in [0.2, 0.25) is 0 Å². The Morgan fingerprint density at radius 3 is 2.52 bits per heavy atom. The van der Waals surface area contributed by atoms with E-state index in [1.54, 1.807) is 0 Å². The van der Waals surface area contributed by atoms with E-state index >= 15 is 0 Å². The minimum absolute atomic E-state index is 0. The molecule has 5 nitrogen and oxygen atoms in total. The minimum Gasteiger partial charge on any atom is -0.340 e. The lowest BCUT2D eigenvalue weighted by Gasteiger charge is -2.17. The van der Waals surface area contributed by atoms with Crippen molar-refractivity contribution in [3.8, 4) is 0 Å². The Labute approximate surface area is 168 Å². The molecule has 3 rings (SSSR count). The quantitative estimate of drug-likeness (QED) is 0.853. The van der Waals surface area contributed by atoms with Gasteiger partial charge in [0.2, 0.25) is 5.91 Å². The molecule has 1 aliphatic heterocycles. The molecule has 6 heteroatoms. The number of hydrogen-bond acceptors (Lipinski definition) is 3. The molecule has 0 radical (unpaired) electrons. The van der Waals surface area contributed by atoms with Crippen LogP contribution in [0, 0.1) is 19.8 Å². The molecule has 27 heavy (non-hydrogen) atoms. The van der Waals surface area contributed by atoms with Crippen LogP contribution in [-0.4, -0.2) is 39.7 Å². The van der Waals surface area contributed by atoms with Crippen molar-refractivity contribution in [3.05, 3.63) is 52.8 Å². The highest BCUT2D eigenvalue weighted by Crippen LogP contribution is 2.27. The fraction of sp³-hybridized carbons (Fsp3) is 0.524. The van der Waals surface area contributed by atoms with E-state index in [0.29, 0.717) is 25.4 Å². The van der Waals surface area contributed by atoms with Gasteiger partial charge in [-0.2, -0.15) is 5.10 Å². The summed E-state index contributed by atoms with van der Waals surface area (Å²) in [6, 6.07) is 10.3. The molecule has 1 aromatic carbocycles. The number of nitrogens with two attached hydrogens (primary N) is 1. The molecule has 0 unspecified atom stereocenters. The summed E-state index contributed by atoms with van der Waals surface area (Å²) in [5, 5.41) is 4.63. The van der Waals surface area contributed by atoms with Crippen molar-refractivity contribution in [2.24, 2.45) is 11.7 Å². The van der Waals surface area contributed by atoms with E-state index in [2.05, 4.69) is 38.0 Å². The van der Waals surface area contributed by atoms with E-state index in [-0.39, 0.29) is 30.3 Å². The lowest BCUT2D eigenvalue weighted by atomic mass is 9.95. The number of benzene rings is 1. The maximum Gasteiger partial charge on any atom is 0.227 e. The summed E-state index contributed by atoms with van der Waals surface area (Å²) in [5.74, 6) is 0.889. The highest BCUT2D eigenvalue weighted by Gasteiger charge is 2.34. The number of likely N-dealkylation sites (tertiary alicyclic amines) is 1. The van der Waals surface area contributed by atoms with Crippen LogP contribution in [-0.2, 0) is 17.8 Å². The average Bonchev–Trinajstić information content (AvgIpc) is 3.11. The molecular weight excluding hydrogens is 360 g/mol. The second kappa shape index (κ2) is 8.89. The summed E-state index contributed by atoms with van der Waals surface area (Å²) in [5.41, 5.74) is 10.7. The largest absolute Gasteiger partial charge is 0.340 e. The normalized spacial score (nSPS) is 19.4. The standard InChI is InChI=1S/C21H30N4O.ClH/c1-14(2)11-25-16(4)18(15(3)23-25)10-21(26)24-12-19(20(22)13-24)17-8-6-5-7-9-17;/h5-9,14,19-20H,10-13,22H2,1-4H3;1H/t19-,20+;/m0./s1. The molecule has 0 saturated carbocycles. The van der Waals surface area contributed by atoms with Gasteiger partial charge in [0.15, 0.2) is 0 Å². The van der Waals surface area contributed by atoms with Crippen molar-refractivity contribution < 1.29 is 4.79 Å². The Morgan fingerprint density at radius 2 is 1.89 bits per heavy atom. The highest BCUT2D eigenvalue weighted by molar-refractivity contribution is 5.85. The molecule has 1 amide bonds. The van der Waals surface area contributed by atoms with Crippen LogP contribution < -0.4 is 5.73 Å². The molecule has 1 aliphatic rings. The van der Waals surface area contributed by atoms with Gasteiger partial charge in [-0.15, -0.1) is 12.4 Å². The number of aromatic nitrogens is 2. The Bertz CT molecular complexity index is 772. The van der Waals surface area contributed by atoms with Crippen LogP contribution in [0.3, 0.4) is 0 Å². The van der Waals surface area contributed by atoms with E-state index in [9.17, 15) is 4.79 Å². The Balaban J connectivity index is 0.00000261. The second-order valence-corrected chi connectivity index (χ2v) is 7.88. The van der Waals surface area contributed by atoms with Gasteiger partial charge in [0.25, 0.3) is 0 Å². The van der Waals surface area contributed by atoms with Gasteiger partial charge < -0.3 is 10.6 Å². The number of halogens is 1. The first-order chi connectivity index (χ1) is 12.4. The number of rotatable bonds is 5. The minimum atomic E-state index is -0.00721. The SMILES string of the molecule is Cc1nn(CC(C)C)c(C)c1CC(=O)N1C[C@@H](N)[C@H](c2ccccc2)C1.Cl. The average molecular weight is 391 g/mol. The van der Waals surface area contributed by atoms with Gasteiger partial charge in [0, 0.05) is 42.9 Å². The predicted molar refractivity (Wildman–Crippen MR) is 111 cm³/mol. The highest BCUT2D eigenvalue weighted by atomic mass is 35.5. The summed E-state index contributed by atoms with van der Waals surface area (Å²) in [4.78, 5) is 14.8. The van der Waals surface area contributed by atoms with Gasteiger partial charge in [0.05, 0.1) is 12.1 Å². The maximum absolute atomic E-state index is 12.9. The van der Waals surface area contributed by atoms with Crippen molar-refractivity contribution >= 4 is 18.3 Å². The van der Waals surface area contributed by atoms with Crippen LogP contribution in [0.1, 0.15) is 42.3 Å². The number of carbonyl (C=O) groups excluding carboxylic acids is 1. The monoisotopic (exact) mass is 390 g/mol. The zero-order valence-electron chi connectivity index (χ0n) is 16.7. The number of nitrogens with zero attached hydrogens (tertiary/aromatic N) is 3. The topological polar surface area (TPSA) is 64.2 Å². The number of amides is 1. The number of hydrogen-bond donors (Lipinski definition) is 1. The fourth-order valence-electron chi connectivity index (χ4n) is 3.86. The van der Waals surface area contributed by atoms with Crippen molar-refractivity contribution in [2.45, 2.75) is 52.6 Å². The van der Waals surface area contributed by atoms with E-state index in [1.165, 1.54) is 5.56 Å². The lowest BCUT2D eigenvalue weighted by Crippen LogP contribution is -2.33. The molecule has 2 aromatic rings. The molecule has 148 valence electrons. The predicted octanol–water partition coefficient (Wildman–Crippen LogP) is 3.07. The van der Waals surface area contributed by atoms with Crippen LogP contribution >= 0.6 is 12.4 Å². The molecule has 0 aliphatic carbocycles. The van der Waals surface area contributed by atoms with Crippen molar-refractivity contribution in [3.63, 3.8) is 0 Å². The summed E-state index contributed by atoms with van der Waals surface area (Å²) >= 11 is 0. The van der Waals surface area contributed by atoms with Gasteiger partial charge in [-0.1, -0.05) is 44.2 Å². The molecule has 0 bridgehead atoms. The third-order valence-corrected chi connectivity index (χ3v) is 5.34. The molecule has 2 atom stereocenters. The first kappa shape index (κ1) is 21.5. The molecular formula is C21H31ClN4O. The first-order valence-electron chi connectivity index (χ1n) is 9.48. The van der Waals surface area contributed by atoms with Gasteiger partial charge in [-0.25, -0.2) is 0 Å². The Kier molecular flexibility index (Phi) is 7.06. The number of aryl methyl sites for hydroxylation is 1. The summed E-state index contributed by atoms with van der Waals surface area (Å²) in [7, 11) is 0. The Morgan fingerprint density at radius 1 is 1.22 bits per heavy atom. The van der Waals surface area contributed by atoms with Gasteiger partial charge in [0.1, 0.15) is 0 Å². The van der Waals surface area contributed by atoms with Gasteiger partial charge >= 0.3 is 0 Å². The Hall–Kier alpha value is -1.85. The zero-order chi connectivity index (χ0) is 18.8. The van der Waals surface area contributed by atoms with Crippen LogP contribution in [0.15, 0.2) is 30.3 Å². The summed E-state index contributed by atoms with van der Waals surface area (Å²) < 4.78 is 2.03. The maximum atomic E-state index is 12.9. The van der Waals surface area contributed by atoms with Gasteiger partial charge in [-0.05, 0) is 25.3 Å². The second-order valence-electron chi connectivity index (χ2n) is 7.88. The first-order valence-corrected chi connectivity index (χ1v) is 9.48. The summed E-state index contributed by atoms with van der Waals surface area (Å²) in [6.45, 7) is 10.6. The van der Waals surface area contributed by atoms with Crippen molar-refractivity contribution in [1.29, 1.82) is 0 Å². The van der Waals surface area contributed by atoms with Crippen LogP contribution in [0.25, 0.3) is 0 Å². The van der Waals surface area contributed by atoms with E-state index < -0.39 is 0 Å². The van der Waals surface area contributed by atoms with Crippen LogP contribution in [0.5, 0.6) is 0 Å². The van der Waals surface area contributed by atoms with E-state index in [0.717, 1.165) is 23.5 Å². The molecule has 2 N–H and O–H groups in total. The smallest absolute Gasteiger partial charge is 0.227 e. The number of carbonyl (C=O) groups is 1. The zero-order valence-corrected chi connectivity index (χ0v) is 17.5. The molecule has 2 heterocycles. The van der Waals surface area contributed by atoms with Crippen molar-refractivity contribution in [2.75, 3.05) is 13.1 Å². The lowest BCUT2D eigenvalue weighted by molar-refractivity contribution is -0.129. The molecule has 1 fully saturated rings. The fourth-order valence-corrected chi connectivity index (χ4v) is 3.86. The van der Waals surface area contributed by atoms with E-state index in [4.69, 9.17) is 5.73 Å². The third-order valence-electron chi connectivity index (χ3n) is 5.34. The molecule has 1 aromatic heterocycles. The van der Waals surface area contributed by atoms with Gasteiger partial charge in [-0.3, -0.25) is 9.48 Å². The summed E-state index contributed by atoms with van der Waals surface area (Å²) in [6.07, 6.45) is 0.407. The van der Waals surface area contributed by atoms with Crippen molar-refractivity contribution in [1.82, 2.24) is 14.7 Å².